The fourth-order valence-electron chi connectivity index (χ4n) is 0.933. The number of phenolic OH excluding ortho intramolecular Hbond substituents is 2. The molecule has 4 nitrogen and oxygen atoms in total. The third kappa shape index (κ3) is 2.92. The predicted octanol–water partition coefficient (Wildman–Crippen LogP) is 1.01. The first kappa shape index (κ1) is 10.9. The molecule has 1 aromatic rings. The Morgan fingerprint density at radius 2 is 2.00 bits per heavy atom. The van der Waals surface area contributed by atoms with Crippen molar-refractivity contribution >= 4 is 5.97 Å². The molecule has 0 radical (unpaired) electrons. The molecule has 78 valence electrons. The molecule has 0 spiro atoms. The minimum absolute atomic E-state index is 0.0791. The van der Waals surface area contributed by atoms with Crippen molar-refractivity contribution in [3.05, 3.63) is 23.8 Å². The Kier molecular flexibility index (Phi) is 3.58. The van der Waals surface area contributed by atoms with Gasteiger partial charge in [0.1, 0.15) is 23.5 Å². The van der Waals surface area contributed by atoms with Crippen molar-refractivity contribution in [2.24, 2.45) is 0 Å². The van der Waals surface area contributed by atoms with E-state index in [9.17, 15) is 15.0 Å². The maximum absolute atomic E-state index is 10.7. The van der Waals surface area contributed by atoms with Crippen molar-refractivity contribution in [2.75, 3.05) is 7.11 Å². The van der Waals surface area contributed by atoms with Crippen molar-refractivity contribution in [2.45, 2.75) is 6.42 Å². The lowest BCUT2D eigenvalue weighted by atomic mass is 10.2. The van der Waals surface area contributed by atoms with Crippen LogP contribution in [0.15, 0.2) is 18.2 Å². The number of phenols is 2. The molecule has 0 amide bonds. The molecule has 0 unspecified atom stereocenters. The number of hydrogen-bond acceptors (Lipinski definition) is 4. The number of benzene rings is 1. The molecule has 4 heteroatoms. The van der Waals surface area contributed by atoms with Gasteiger partial charge in [-0.25, -0.2) is 0 Å². The molecule has 15 heavy (non-hydrogen) atoms. The second-order valence-electron chi connectivity index (χ2n) is 2.73. The molecule has 0 bridgehead atoms. The molecule has 0 heterocycles. The highest BCUT2D eigenvalue weighted by atomic mass is 16.5. The molecular formula is C11H10O4. The van der Waals surface area contributed by atoms with Gasteiger partial charge in [0.25, 0.3) is 0 Å². The highest BCUT2D eigenvalue weighted by molar-refractivity contribution is 5.72. The summed E-state index contributed by atoms with van der Waals surface area (Å²) in [7, 11) is 1.27. The summed E-state index contributed by atoms with van der Waals surface area (Å²) in [4.78, 5) is 10.7. The van der Waals surface area contributed by atoms with Crippen LogP contribution < -0.4 is 0 Å². The minimum atomic E-state index is -0.461. The van der Waals surface area contributed by atoms with E-state index in [1.807, 2.05) is 0 Å². The van der Waals surface area contributed by atoms with Crippen LogP contribution in [0.3, 0.4) is 0 Å². The number of carbonyl (C=O) groups is 1. The summed E-state index contributed by atoms with van der Waals surface area (Å²) in [6, 6.07) is 4.31. The van der Waals surface area contributed by atoms with Gasteiger partial charge in [0, 0.05) is 0 Å². The normalized spacial score (nSPS) is 8.87. The van der Waals surface area contributed by atoms with Gasteiger partial charge in [-0.15, -0.1) is 0 Å². The van der Waals surface area contributed by atoms with Crippen LogP contribution in [0.4, 0.5) is 0 Å². The van der Waals surface area contributed by atoms with E-state index in [1.165, 1.54) is 25.3 Å². The predicted molar refractivity (Wildman–Crippen MR) is 53.3 cm³/mol. The number of rotatable bonds is 1. The molecular weight excluding hydrogens is 196 g/mol. The van der Waals surface area contributed by atoms with Crippen LogP contribution in [0.25, 0.3) is 0 Å². The van der Waals surface area contributed by atoms with Gasteiger partial charge in [0.05, 0.1) is 7.11 Å². The molecule has 0 aliphatic carbocycles. The first-order valence-electron chi connectivity index (χ1n) is 4.21. The Hall–Kier alpha value is -2.15. The quantitative estimate of drug-likeness (QED) is 0.531. The maximum Gasteiger partial charge on any atom is 0.317 e. The van der Waals surface area contributed by atoms with E-state index < -0.39 is 5.97 Å². The van der Waals surface area contributed by atoms with Gasteiger partial charge in [0.15, 0.2) is 0 Å². The first-order chi connectivity index (χ1) is 7.15. The molecule has 0 fully saturated rings. The lowest BCUT2D eigenvalue weighted by Gasteiger charge is -1.98. The van der Waals surface area contributed by atoms with Crippen LogP contribution in [0.1, 0.15) is 12.0 Å². The molecule has 1 rings (SSSR count). The summed E-state index contributed by atoms with van der Waals surface area (Å²) in [6.07, 6.45) is -0.0791. The molecule has 2 N–H and O–H groups in total. The number of hydrogen-bond donors (Lipinski definition) is 2. The Morgan fingerprint density at radius 3 is 2.53 bits per heavy atom. The third-order valence-corrected chi connectivity index (χ3v) is 1.69. The van der Waals surface area contributed by atoms with E-state index >= 15 is 0 Å². The first-order valence-corrected chi connectivity index (χ1v) is 4.21. The van der Waals surface area contributed by atoms with Crippen LogP contribution in [0.5, 0.6) is 11.5 Å². The molecule has 0 atom stereocenters. The number of aromatic hydroxyl groups is 2. The van der Waals surface area contributed by atoms with E-state index in [2.05, 4.69) is 16.6 Å². The Labute approximate surface area is 87.1 Å². The second kappa shape index (κ2) is 4.91. The molecule has 1 aromatic carbocycles. The molecule has 0 saturated heterocycles. The van der Waals surface area contributed by atoms with Gasteiger partial charge in [-0.05, 0) is 12.1 Å². The summed E-state index contributed by atoms with van der Waals surface area (Å²) in [5.41, 5.74) is 0.112. The number of carbonyl (C=O) groups excluding carboxylic acids is 1. The van der Waals surface area contributed by atoms with E-state index in [1.54, 1.807) is 0 Å². The molecule has 0 aliphatic rings. The number of ether oxygens (including phenoxy) is 1. The van der Waals surface area contributed by atoms with Gasteiger partial charge in [-0.2, -0.15) is 0 Å². The molecule has 0 aromatic heterocycles. The Balaban J connectivity index is 2.84. The lowest BCUT2D eigenvalue weighted by molar-refractivity contribution is -0.139. The number of esters is 1. The minimum Gasteiger partial charge on any atom is -0.507 e. The van der Waals surface area contributed by atoms with Crippen molar-refractivity contribution in [1.29, 1.82) is 0 Å². The van der Waals surface area contributed by atoms with E-state index in [0.29, 0.717) is 0 Å². The second-order valence-corrected chi connectivity index (χ2v) is 2.73. The summed E-state index contributed by atoms with van der Waals surface area (Å²) in [5.74, 6) is 4.29. The van der Waals surface area contributed by atoms with Crippen LogP contribution in [-0.2, 0) is 9.53 Å². The van der Waals surface area contributed by atoms with Crippen LogP contribution >= 0.6 is 0 Å². The average molecular weight is 206 g/mol. The summed E-state index contributed by atoms with van der Waals surface area (Å²) in [6.45, 7) is 0. The van der Waals surface area contributed by atoms with E-state index in [-0.39, 0.29) is 23.5 Å². The van der Waals surface area contributed by atoms with Gasteiger partial charge < -0.3 is 14.9 Å². The van der Waals surface area contributed by atoms with Crippen molar-refractivity contribution in [3.63, 3.8) is 0 Å². The van der Waals surface area contributed by atoms with Crippen molar-refractivity contribution in [3.8, 4) is 23.3 Å². The van der Waals surface area contributed by atoms with Gasteiger partial charge in [-0.1, -0.05) is 17.9 Å². The van der Waals surface area contributed by atoms with Crippen LogP contribution in [-0.4, -0.2) is 23.3 Å². The summed E-state index contributed by atoms with van der Waals surface area (Å²) in [5, 5.41) is 18.7. The zero-order chi connectivity index (χ0) is 11.3. The monoisotopic (exact) mass is 206 g/mol. The molecule has 0 aliphatic heterocycles. The van der Waals surface area contributed by atoms with Crippen molar-refractivity contribution in [1.82, 2.24) is 0 Å². The highest BCUT2D eigenvalue weighted by Crippen LogP contribution is 2.24. The maximum atomic E-state index is 10.7. The average Bonchev–Trinajstić information content (AvgIpc) is 2.22. The SMILES string of the molecule is COC(=O)CC#Cc1c(O)cccc1O. The summed E-state index contributed by atoms with van der Waals surface area (Å²) < 4.78 is 4.38. The third-order valence-electron chi connectivity index (χ3n) is 1.69. The van der Waals surface area contributed by atoms with E-state index in [4.69, 9.17) is 0 Å². The Bertz CT molecular complexity index is 406. The summed E-state index contributed by atoms with van der Waals surface area (Å²) >= 11 is 0. The fourth-order valence-corrected chi connectivity index (χ4v) is 0.933. The Morgan fingerprint density at radius 1 is 1.40 bits per heavy atom. The van der Waals surface area contributed by atoms with Crippen LogP contribution in [0.2, 0.25) is 0 Å². The largest absolute Gasteiger partial charge is 0.507 e. The van der Waals surface area contributed by atoms with Gasteiger partial charge >= 0.3 is 5.97 Å². The smallest absolute Gasteiger partial charge is 0.317 e. The zero-order valence-corrected chi connectivity index (χ0v) is 8.15. The molecule has 0 saturated carbocycles. The lowest BCUT2D eigenvalue weighted by Crippen LogP contribution is -1.97. The topological polar surface area (TPSA) is 66.8 Å². The van der Waals surface area contributed by atoms with Crippen LogP contribution in [0, 0.1) is 11.8 Å². The fraction of sp³-hybridized carbons (Fsp3) is 0.182. The van der Waals surface area contributed by atoms with Crippen molar-refractivity contribution < 1.29 is 19.7 Å². The van der Waals surface area contributed by atoms with E-state index in [0.717, 1.165) is 0 Å². The number of methoxy groups -OCH3 is 1. The van der Waals surface area contributed by atoms with Gasteiger partial charge in [0.2, 0.25) is 0 Å². The standard InChI is InChI=1S/C11H10O4/c1-15-11(14)7-2-4-8-9(12)5-3-6-10(8)13/h3,5-6,12-13H,7H2,1H3. The zero-order valence-electron chi connectivity index (χ0n) is 8.15. The highest BCUT2D eigenvalue weighted by Gasteiger charge is 2.02. The van der Waals surface area contributed by atoms with Gasteiger partial charge in [-0.3, -0.25) is 4.79 Å².